The van der Waals surface area contributed by atoms with Gasteiger partial charge in [-0.3, -0.25) is 9.59 Å². The molecule has 0 aromatic heterocycles. The summed E-state index contributed by atoms with van der Waals surface area (Å²) in [6.45, 7) is -0.0335. The third-order valence-corrected chi connectivity index (χ3v) is 4.93. The maximum Gasteiger partial charge on any atom is 0.258 e. The van der Waals surface area contributed by atoms with E-state index in [-0.39, 0.29) is 36.4 Å². The van der Waals surface area contributed by atoms with Gasteiger partial charge in [0, 0.05) is 17.1 Å². The number of amides is 2. The Hall–Kier alpha value is -1.46. The fourth-order valence-electron chi connectivity index (χ4n) is 3.29. The number of hydrogen-bond donors (Lipinski definition) is 2. The Balaban J connectivity index is 1.44. The standard InChI is InChI=1S/C16H18Cl2N2O3/c17-7-15(21)19-13-6-14(12-5-11(12)13)20-16(22)8-23-10-3-1-9(18)2-4-10/h1-4,11-14H,5-8H2,(H,19,21)(H,20,22). The molecule has 0 aliphatic heterocycles. The molecule has 23 heavy (non-hydrogen) atoms. The number of rotatable bonds is 6. The Labute approximate surface area is 144 Å². The molecule has 0 saturated heterocycles. The van der Waals surface area contributed by atoms with Crippen LogP contribution in [0, 0.1) is 11.8 Å². The molecule has 2 saturated carbocycles. The summed E-state index contributed by atoms with van der Waals surface area (Å²) in [5.74, 6) is 1.19. The van der Waals surface area contributed by atoms with E-state index in [1.54, 1.807) is 24.3 Å². The SMILES string of the molecule is O=C(CCl)NC1CC(NC(=O)COc2ccc(Cl)cc2)C2CC12. The lowest BCUT2D eigenvalue weighted by atomic mass is 10.1. The van der Waals surface area contributed by atoms with Crippen LogP contribution in [0.3, 0.4) is 0 Å². The van der Waals surface area contributed by atoms with Crippen LogP contribution in [0.4, 0.5) is 0 Å². The molecule has 124 valence electrons. The second kappa shape index (κ2) is 6.97. The Kier molecular flexibility index (Phi) is 4.97. The van der Waals surface area contributed by atoms with Crippen LogP contribution < -0.4 is 15.4 Å². The van der Waals surface area contributed by atoms with Gasteiger partial charge in [-0.15, -0.1) is 11.6 Å². The van der Waals surface area contributed by atoms with E-state index in [1.807, 2.05) is 0 Å². The minimum atomic E-state index is -0.153. The molecule has 2 amide bonds. The predicted molar refractivity (Wildman–Crippen MR) is 87.7 cm³/mol. The Morgan fingerprint density at radius 3 is 2.26 bits per heavy atom. The van der Waals surface area contributed by atoms with Gasteiger partial charge in [0.25, 0.3) is 5.91 Å². The first-order valence-electron chi connectivity index (χ1n) is 7.60. The number of benzene rings is 1. The molecule has 4 unspecified atom stereocenters. The quantitative estimate of drug-likeness (QED) is 0.765. The first-order chi connectivity index (χ1) is 11.1. The molecule has 5 nitrogen and oxygen atoms in total. The largest absolute Gasteiger partial charge is 0.484 e. The Bertz CT molecular complexity index is 593. The average molecular weight is 357 g/mol. The van der Waals surface area contributed by atoms with Gasteiger partial charge in [-0.1, -0.05) is 11.6 Å². The zero-order valence-corrected chi connectivity index (χ0v) is 13.9. The fourth-order valence-corrected chi connectivity index (χ4v) is 3.49. The molecule has 2 fully saturated rings. The van der Waals surface area contributed by atoms with Crippen LogP contribution in [0.25, 0.3) is 0 Å². The third-order valence-electron chi connectivity index (χ3n) is 4.43. The van der Waals surface area contributed by atoms with Gasteiger partial charge in [-0.25, -0.2) is 0 Å². The van der Waals surface area contributed by atoms with Gasteiger partial charge in [-0.05, 0) is 48.9 Å². The Morgan fingerprint density at radius 2 is 1.65 bits per heavy atom. The number of hydrogen-bond acceptors (Lipinski definition) is 3. The summed E-state index contributed by atoms with van der Waals surface area (Å²) >= 11 is 11.3. The minimum absolute atomic E-state index is 0.0279. The van der Waals surface area contributed by atoms with E-state index in [2.05, 4.69) is 10.6 Å². The zero-order valence-electron chi connectivity index (χ0n) is 12.4. The predicted octanol–water partition coefficient (Wildman–Crippen LogP) is 1.97. The summed E-state index contributed by atoms with van der Waals surface area (Å²) in [4.78, 5) is 23.4. The maximum atomic E-state index is 12.0. The summed E-state index contributed by atoms with van der Waals surface area (Å²) < 4.78 is 5.43. The molecule has 0 spiro atoms. The van der Waals surface area contributed by atoms with Gasteiger partial charge < -0.3 is 15.4 Å². The average Bonchev–Trinajstić information content (AvgIpc) is 3.27. The summed E-state index contributed by atoms with van der Waals surface area (Å²) in [5.41, 5.74) is 0. The number of carbonyl (C=O) groups is 2. The van der Waals surface area contributed by atoms with Crippen LogP contribution in [0.5, 0.6) is 5.75 Å². The van der Waals surface area contributed by atoms with Crippen molar-refractivity contribution in [3.8, 4) is 5.75 Å². The second-order valence-corrected chi connectivity index (χ2v) is 6.73. The number of fused-ring (bicyclic) bond motifs is 1. The minimum Gasteiger partial charge on any atom is -0.484 e. The monoisotopic (exact) mass is 356 g/mol. The molecular formula is C16H18Cl2N2O3. The summed E-state index contributed by atoms with van der Waals surface area (Å²) in [6.07, 6.45) is 1.79. The van der Waals surface area contributed by atoms with Gasteiger partial charge in [-0.2, -0.15) is 0 Å². The number of carbonyl (C=O) groups excluding carboxylic acids is 2. The van der Waals surface area contributed by atoms with E-state index < -0.39 is 0 Å². The van der Waals surface area contributed by atoms with Crippen molar-refractivity contribution in [3.05, 3.63) is 29.3 Å². The van der Waals surface area contributed by atoms with Crippen molar-refractivity contribution in [2.75, 3.05) is 12.5 Å². The van der Waals surface area contributed by atoms with Crippen LogP contribution in [0.1, 0.15) is 12.8 Å². The van der Waals surface area contributed by atoms with Crippen molar-refractivity contribution in [2.24, 2.45) is 11.8 Å². The van der Waals surface area contributed by atoms with E-state index >= 15 is 0 Å². The van der Waals surface area contributed by atoms with E-state index in [1.165, 1.54) is 0 Å². The number of halogens is 2. The van der Waals surface area contributed by atoms with Crippen LogP contribution in [-0.2, 0) is 9.59 Å². The van der Waals surface area contributed by atoms with Crippen LogP contribution in [-0.4, -0.2) is 36.4 Å². The van der Waals surface area contributed by atoms with E-state index in [9.17, 15) is 9.59 Å². The molecule has 0 radical (unpaired) electrons. The Morgan fingerprint density at radius 1 is 1.04 bits per heavy atom. The molecule has 7 heteroatoms. The van der Waals surface area contributed by atoms with E-state index in [4.69, 9.17) is 27.9 Å². The molecule has 1 aromatic rings. The highest BCUT2D eigenvalue weighted by molar-refractivity contribution is 6.30. The molecule has 1 aromatic carbocycles. The molecule has 2 N–H and O–H groups in total. The van der Waals surface area contributed by atoms with E-state index in [0.29, 0.717) is 22.6 Å². The van der Waals surface area contributed by atoms with Crippen molar-refractivity contribution < 1.29 is 14.3 Å². The normalized spacial score (nSPS) is 27.9. The lowest BCUT2D eigenvalue weighted by Gasteiger charge is -2.18. The van der Waals surface area contributed by atoms with Gasteiger partial charge in [0.2, 0.25) is 5.91 Å². The first-order valence-corrected chi connectivity index (χ1v) is 8.51. The van der Waals surface area contributed by atoms with Crippen molar-refractivity contribution in [1.29, 1.82) is 0 Å². The second-order valence-electron chi connectivity index (χ2n) is 6.02. The third kappa shape index (κ3) is 4.09. The van der Waals surface area contributed by atoms with Crippen molar-refractivity contribution in [1.82, 2.24) is 10.6 Å². The number of alkyl halides is 1. The lowest BCUT2D eigenvalue weighted by Crippen LogP contribution is -2.41. The summed E-state index contributed by atoms with van der Waals surface area (Å²) in [6, 6.07) is 7.09. The molecule has 4 atom stereocenters. The summed E-state index contributed by atoms with van der Waals surface area (Å²) in [7, 11) is 0. The van der Waals surface area contributed by atoms with E-state index in [0.717, 1.165) is 12.8 Å². The molecule has 0 heterocycles. The molecule has 2 aliphatic carbocycles. The highest BCUT2D eigenvalue weighted by Gasteiger charge is 2.55. The van der Waals surface area contributed by atoms with Gasteiger partial charge in [0.1, 0.15) is 11.6 Å². The van der Waals surface area contributed by atoms with Crippen LogP contribution >= 0.6 is 23.2 Å². The van der Waals surface area contributed by atoms with Gasteiger partial charge in [0.15, 0.2) is 6.61 Å². The molecule has 2 aliphatic rings. The number of ether oxygens (including phenoxy) is 1. The molecule has 3 rings (SSSR count). The highest BCUT2D eigenvalue weighted by Crippen LogP contribution is 2.51. The van der Waals surface area contributed by atoms with Gasteiger partial charge in [0.05, 0.1) is 0 Å². The highest BCUT2D eigenvalue weighted by atomic mass is 35.5. The maximum absolute atomic E-state index is 12.0. The summed E-state index contributed by atoms with van der Waals surface area (Å²) in [5, 5.41) is 6.54. The lowest BCUT2D eigenvalue weighted by molar-refractivity contribution is -0.123. The molecule has 0 bridgehead atoms. The van der Waals surface area contributed by atoms with Crippen LogP contribution in [0.2, 0.25) is 5.02 Å². The first kappa shape index (κ1) is 16.4. The smallest absolute Gasteiger partial charge is 0.258 e. The fraction of sp³-hybridized carbons (Fsp3) is 0.500. The number of nitrogens with one attached hydrogen (secondary N) is 2. The zero-order chi connectivity index (χ0) is 16.4. The van der Waals surface area contributed by atoms with Crippen molar-refractivity contribution in [2.45, 2.75) is 24.9 Å². The van der Waals surface area contributed by atoms with Crippen molar-refractivity contribution in [3.63, 3.8) is 0 Å². The van der Waals surface area contributed by atoms with Crippen molar-refractivity contribution >= 4 is 35.0 Å². The van der Waals surface area contributed by atoms with Gasteiger partial charge >= 0.3 is 0 Å². The topological polar surface area (TPSA) is 67.4 Å². The van der Waals surface area contributed by atoms with Crippen LogP contribution in [0.15, 0.2) is 24.3 Å². The molecular weight excluding hydrogens is 339 g/mol.